The van der Waals surface area contributed by atoms with Crippen LogP contribution in [0.4, 0.5) is 5.69 Å². The zero-order valence-electron chi connectivity index (χ0n) is 15.3. The van der Waals surface area contributed by atoms with E-state index in [-0.39, 0.29) is 5.41 Å². The lowest BCUT2D eigenvalue weighted by molar-refractivity contribution is 0.278. The van der Waals surface area contributed by atoms with E-state index in [1.54, 1.807) is 0 Å². The largest absolute Gasteiger partial charge is 0.343 e. The standard InChI is InChI=1S/C23H27ClN2/c24-20-12-4-2-9-18(20)11-8-16-25-22-23(14-6-1-7-15-23)17-19-10-3-5-13-21(19)26-22/h2-5,9-10,12-13H,1,6-8,11,14-17H2,(H,25,26). The van der Waals surface area contributed by atoms with Crippen molar-refractivity contribution in [3.05, 3.63) is 64.7 Å². The molecule has 1 spiro atoms. The minimum absolute atomic E-state index is 0.233. The predicted octanol–water partition coefficient (Wildman–Crippen LogP) is 6.29. The van der Waals surface area contributed by atoms with Crippen molar-refractivity contribution < 1.29 is 0 Å². The molecule has 0 amide bonds. The Kier molecular flexibility index (Phi) is 5.31. The summed E-state index contributed by atoms with van der Waals surface area (Å²) in [5, 5.41) is 4.56. The molecule has 0 radical (unpaired) electrons. The fourth-order valence-corrected chi connectivity index (χ4v) is 4.75. The third kappa shape index (κ3) is 3.66. The summed E-state index contributed by atoms with van der Waals surface area (Å²) in [6.45, 7) is 0.859. The van der Waals surface area contributed by atoms with Gasteiger partial charge in [0.25, 0.3) is 0 Å². The summed E-state index contributed by atoms with van der Waals surface area (Å²) < 4.78 is 0. The zero-order chi connectivity index (χ0) is 17.8. The molecule has 4 rings (SSSR count). The highest BCUT2D eigenvalue weighted by atomic mass is 35.5. The summed E-state index contributed by atoms with van der Waals surface area (Å²) in [4.78, 5) is 5.07. The Balaban J connectivity index is 1.49. The van der Waals surface area contributed by atoms with Crippen LogP contribution in [0.15, 0.2) is 53.5 Å². The minimum atomic E-state index is 0.233. The average molecular weight is 367 g/mol. The first kappa shape index (κ1) is 17.6. The molecule has 1 N–H and O–H groups in total. The van der Waals surface area contributed by atoms with Gasteiger partial charge in [0.05, 0.1) is 0 Å². The van der Waals surface area contributed by atoms with Crippen LogP contribution in [-0.2, 0) is 12.8 Å². The third-order valence-electron chi connectivity index (χ3n) is 5.94. The fourth-order valence-electron chi connectivity index (χ4n) is 4.52. The molecule has 136 valence electrons. The maximum absolute atomic E-state index is 6.28. The first-order valence-electron chi connectivity index (χ1n) is 9.90. The van der Waals surface area contributed by atoms with Gasteiger partial charge in [0.2, 0.25) is 0 Å². The van der Waals surface area contributed by atoms with Crippen molar-refractivity contribution in [2.24, 2.45) is 10.4 Å². The van der Waals surface area contributed by atoms with Gasteiger partial charge in [-0.2, -0.15) is 0 Å². The minimum Gasteiger partial charge on any atom is -0.343 e. The molecule has 0 bridgehead atoms. The highest BCUT2D eigenvalue weighted by Crippen LogP contribution is 2.44. The van der Waals surface area contributed by atoms with Crippen molar-refractivity contribution in [2.45, 2.75) is 51.4 Å². The van der Waals surface area contributed by atoms with Crippen molar-refractivity contribution in [2.75, 3.05) is 11.9 Å². The van der Waals surface area contributed by atoms with Crippen LogP contribution in [-0.4, -0.2) is 12.4 Å². The van der Waals surface area contributed by atoms with Crippen LogP contribution in [0.3, 0.4) is 0 Å². The Labute approximate surface area is 161 Å². The number of nitrogens with zero attached hydrogens (tertiary/aromatic N) is 1. The van der Waals surface area contributed by atoms with Gasteiger partial charge in [-0.1, -0.05) is 67.3 Å². The normalized spacial score (nSPS) is 20.0. The number of anilines is 1. The van der Waals surface area contributed by atoms with Crippen molar-refractivity contribution in [1.29, 1.82) is 0 Å². The van der Waals surface area contributed by atoms with E-state index in [1.807, 2.05) is 12.1 Å². The van der Waals surface area contributed by atoms with Crippen LogP contribution < -0.4 is 5.32 Å². The van der Waals surface area contributed by atoms with Crippen LogP contribution in [0.5, 0.6) is 0 Å². The van der Waals surface area contributed by atoms with Crippen LogP contribution in [0.1, 0.15) is 49.7 Å². The number of halogens is 1. The lowest BCUT2D eigenvalue weighted by atomic mass is 9.67. The van der Waals surface area contributed by atoms with Gasteiger partial charge in [-0.3, -0.25) is 4.99 Å². The molecule has 0 atom stereocenters. The van der Waals surface area contributed by atoms with Gasteiger partial charge in [0.1, 0.15) is 5.84 Å². The quantitative estimate of drug-likeness (QED) is 0.631. The summed E-state index contributed by atoms with van der Waals surface area (Å²) in [6.07, 6.45) is 9.69. The number of rotatable bonds is 4. The van der Waals surface area contributed by atoms with Gasteiger partial charge in [-0.05, 0) is 55.4 Å². The molecule has 2 aliphatic rings. The van der Waals surface area contributed by atoms with E-state index in [0.29, 0.717) is 0 Å². The Bertz CT molecular complexity index is 790. The number of aryl methyl sites for hydroxylation is 1. The van der Waals surface area contributed by atoms with E-state index in [2.05, 4.69) is 41.7 Å². The summed E-state index contributed by atoms with van der Waals surface area (Å²) >= 11 is 6.28. The second-order valence-electron chi connectivity index (χ2n) is 7.73. The molecule has 2 aromatic carbocycles. The van der Waals surface area contributed by atoms with Crippen LogP contribution in [0, 0.1) is 5.41 Å². The molecule has 26 heavy (non-hydrogen) atoms. The molecule has 1 aliphatic heterocycles. The smallest absolute Gasteiger partial charge is 0.107 e. The Morgan fingerprint density at radius 3 is 2.58 bits per heavy atom. The Morgan fingerprint density at radius 1 is 0.962 bits per heavy atom. The van der Waals surface area contributed by atoms with Gasteiger partial charge >= 0.3 is 0 Å². The lowest BCUT2D eigenvalue weighted by Crippen LogP contribution is -2.43. The second kappa shape index (κ2) is 7.84. The van der Waals surface area contributed by atoms with Gasteiger partial charge in [-0.25, -0.2) is 0 Å². The third-order valence-corrected chi connectivity index (χ3v) is 6.31. The summed E-state index contributed by atoms with van der Waals surface area (Å²) in [5.74, 6) is 1.23. The number of para-hydroxylation sites is 1. The molecule has 0 aromatic heterocycles. The lowest BCUT2D eigenvalue weighted by Gasteiger charge is -2.42. The van der Waals surface area contributed by atoms with E-state index in [4.69, 9.17) is 16.6 Å². The molecule has 2 aromatic rings. The number of amidine groups is 1. The number of aliphatic imine (C=N–C) groups is 1. The van der Waals surface area contributed by atoms with Crippen LogP contribution in [0.25, 0.3) is 0 Å². The molecular weight excluding hydrogens is 340 g/mol. The van der Waals surface area contributed by atoms with Gasteiger partial charge < -0.3 is 5.32 Å². The SMILES string of the molecule is Clc1ccccc1CCCN=C1Nc2ccccc2CC12CCCCC2. The zero-order valence-corrected chi connectivity index (χ0v) is 16.1. The first-order chi connectivity index (χ1) is 12.8. The van der Waals surface area contributed by atoms with E-state index in [1.165, 1.54) is 54.8 Å². The van der Waals surface area contributed by atoms with Gasteiger partial charge in [0, 0.05) is 22.7 Å². The average Bonchev–Trinajstić information content (AvgIpc) is 2.67. The molecule has 3 heteroatoms. The molecule has 1 aliphatic carbocycles. The predicted molar refractivity (Wildman–Crippen MR) is 111 cm³/mol. The molecule has 2 nitrogen and oxygen atoms in total. The molecule has 1 heterocycles. The maximum Gasteiger partial charge on any atom is 0.107 e. The van der Waals surface area contributed by atoms with Crippen LogP contribution in [0.2, 0.25) is 5.02 Å². The first-order valence-corrected chi connectivity index (χ1v) is 10.3. The Hall–Kier alpha value is -1.80. The fraction of sp³-hybridized carbons (Fsp3) is 0.435. The summed E-state index contributed by atoms with van der Waals surface area (Å²) in [6, 6.07) is 16.9. The monoisotopic (exact) mass is 366 g/mol. The number of nitrogens with one attached hydrogen (secondary N) is 1. The number of fused-ring (bicyclic) bond motifs is 1. The molecule has 0 unspecified atom stereocenters. The molecule has 0 saturated heterocycles. The van der Waals surface area contributed by atoms with Crippen molar-refractivity contribution in [1.82, 2.24) is 0 Å². The number of hydrogen-bond donors (Lipinski definition) is 1. The van der Waals surface area contributed by atoms with E-state index < -0.39 is 0 Å². The second-order valence-corrected chi connectivity index (χ2v) is 8.13. The topological polar surface area (TPSA) is 24.4 Å². The highest BCUT2D eigenvalue weighted by molar-refractivity contribution is 6.31. The molecule has 1 saturated carbocycles. The summed E-state index contributed by atoms with van der Waals surface area (Å²) in [7, 11) is 0. The van der Waals surface area contributed by atoms with Gasteiger partial charge in [0.15, 0.2) is 0 Å². The van der Waals surface area contributed by atoms with Crippen molar-refractivity contribution in [3.63, 3.8) is 0 Å². The number of benzene rings is 2. The summed E-state index contributed by atoms with van der Waals surface area (Å²) in [5.41, 5.74) is 4.15. The molecule has 1 fully saturated rings. The van der Waals surface area contributed by atoms with Crippen molar-refractivity contribution >= 4 is 23.1 Å². The highest BCUT2D eigenvalue weighted by Gasteiger charge is 2.40. The van der Waals surface area contributed by atoms with Crippen molar-refractivity contribution in [3.8, 4) is 0 Å². The van der Waals surface area contributed by atoms with E-state index >= 15 is 0 Å². The van der Waals surface area contributed by atoms with Crippen LogP contribution >= 0.6 is 11.6 Å². The van der Waals surface area contributed by atoms with E-state index in [9.17, 15) is 0 Å². The molecular formula is C23H27ClN2. The Morgan fingerprint density at radius 2 is 1.73 bits per heavy atom. The van der Waals surface area contributed by atoms with E-state index in [0.717, 1.165) is 30.8 Å². The maximum atomic E-state index is 6.28. The number of hydrogen-bond acceptors (Lipinski definition) is 1. The van der Waals surface area contributed by atoms with Gasteiger partial charge in [-0.15, -0.1) is 0 Å².